The van der Waals surface area contributed by atoms with Crippen LogP contribution in [0.5, 0.6) is 0 Å². The Bertz CT molecular complexity index is 1390. The second-order valence-electron chi connectivity index (χ2n) is 11.5. The first kappa shape index (κ1) is 32.2. The lowest BCUT2D eigenvalue weighted by Gasteiger charge is -2.40. The number of hydrogen-bond acceptors (Lipinski definition) is 6. The zero-order valence-corrected chi connectivity index (χ0v) is 26.0. The van der Waals surface area contributed by atoms with Crippen LogP contribution in [0.25, 0.3) is 0 Å². The second-order valence-corrected chi connectivity index (χ2v) is 14.0. The number of methoxy groups -OCH3 is 1. The summed E-state index contributed by atoms with van der Waals surface area (Å²) in [4.78, 5) is 26.1. The van der Waals surface area contributed by atoms with Gasteiger partial charge in [0.25, 0.3) is 0 Å². The molecule has 0 aromatic heterocycles. The van der Waals surface area contributed by atoms with E-state index in [1.807, 2.05) is 26.8 Å². The van der Waals surface area contributed by atoms with Crippen molar-refractivity contribution in [3.63, 3.8) is 0 Å². The van der Waals surface area contributed by atoms with Crippen LogP contribution in [-0.4, -0.2) is 68.3 Å². The molecule has 1 saturated carbocycles. The van der Waals surface area contributed by atoms with Crippen molar-refractivity contribution in [2.45, 2.75) is 75.7 Å². The van der Waals surface area contributed by atoms with E-state index in [0.29, 0.717) is 37.4 Å². The first-order valence-corrected chi connectivity index (χ1v) is 16.2. The number of amides is 2. The highest BCUT2D eigenvalue weighted by Gasteiger charge is 2.45. The van der Waals surface area contributed by atoms with Crippen molar-refractivity contribution >= 4 is 39.3 Å². The molecule has 9 nitrogen and oxygen atoms in total. The molecule has 2 fully saturated rings. The highest BCUT2D eigenvalue weighted by molar-refractivity contribution is 7.90. The van der Waals surface area contributed by atoms with Crippen LogP contribution in [0.4, 0.5) is 14.9 Å². The van der Waals surface area contributed by atoms with Crippen molar-refractivity contribution < 1.29 is 27.1 Å². The van der Waals surface area contributed by atoms with E-state index in [1.165, 1.54) is 19.2 Å². The van der Waals surface area contributed by atoms with Crippen molar-refractivity contribution in [2.75, 3.05) is 25.5 Å². The first-order chi connectivity index (χ1) is 19.9. The number of anilines is 1. The van der Waals surface area contributed by atoms with Gasteiger partial charge in [0.1, 0.15) is 11.9 Å². The van der Waals surface area contributed by atoms with E-state index < -0.39 is 39.8 Å². The standard InChI is InChI=1S/C30H40ClFN4O5S/c1-18(2)27(20-7-5-8-21(31)15-20)28(35-30(38)41-4)29(37)34-26-10-6-9-25(32)24(26)14-11-22-17-33-16-19(3)36(22)42(39,40)23-12-13-23/h5-10,15,18-19,22-23,27-28,33H,11-14,16-17H2,1-4H3,(H,34,37)(H,35,38)/t19-,22+,27-,28+/m1/s1. The van der Waals surface area contributed by atoms with Crippen molar-refractivity contribution in [3.05, 3.63) is 64.4 Å². The van der Waals surface area contributed by atoms with Crippen LogP contribution < -0.4 is 16.0 Å². The second kappa shape index (κ2) is 13.7. The van der Waals surface area contributed by atoms with Crippen LogP contribution in [0.3, 0.4) is 0 Å². The number of ether oxygens (including phenoxy) is 1. The van der Waals surface area contributed by atoms with Gasteiger partial charge in [-0.3, -0.25) is 4.79 Å². The Labute approximate surface area is 252 Å². The minimum Gasteiger partial charge on any atom is -0.453 e. The van der Waals surface area contributed by atoms with Crippen LogP contribution in [0.15, 0.2) is 42.5 Å². The zero-order valence-electron chi connectivity index (χ0n) is 24.4. The third-order valence-electron chi connectivity index (χ3n) is 8.01. The van der Waals surface area contributed by atoms with E-state index in [4.69, 9.17) is 16.3 Å². The van der Waals surface area contributed by atoms with Gasteiger partial charge in [-0.05, 0) is 68.4 Å². The van der Waals surface area contributed by atoms with E-state index in [0.717, 1.165) is 5.56 Å². The highest BCUT2D eigenvalue weighted by atomic mass is 35.5. The number of benzene rings is 2. The van der Waals surface area contributed by atoms with Crippen molar-refractivity contribution in [1.29, 1.82) is 0 Å². The Hall–Kier alpha value is -2.73. The molecular weight excluding hydrogens is 583 g/mol. The fraction of sp³-hybridized carbons (Fsp3) is 0.533. The molecule has 2 aromatic rings. The summed E-state index contributed by atoms with van der Waals surface area (Å²) in [6.07, 6.45) is 1.13. The summed E-state index contributed by atoms with van der Waals surface area (Å²) < 4.78 is 48.1. The predicted molar refractivity (Wildman–Crippen MR) is 162 cm³/mol. The Morgan fingerprint density at radius 3 is 2.52 bits per heavy atom. The number of carbonyl (C=O) groups is 2. The number of piperazine rings is 1. The Kier molecular flexibility index (Phi) is 10.5. The number of carbonyl (C=O) groups excluding carboxylic acids is 2. The quantitative estimate of drug-likeness (QED) is 0.335. The topological polar surface area (TPSA) is 117 Å². The molecule has 12 heteroatoms. The monoisotopic (exact) mass is 622 g/mol. The fourth-order valence-corrected chi connectivity index (χ4v) is 8.30. The summed E-state index contributed by atoms with van der Waals surface area (Å²) in [6, 6.07) is 9.90. The van der Waals surface area contributed by atoms with Gasteiger partial charge >= 0.3 is 6.09 Å². The zero-order chi connectivity index (χ0) is 30.6. The SMILES string of the molecule is COC(=O)N[C@H](C(=O)Nc1cccc(F)c1CC[C@H]1CNC[C@@H](C)N1S(=O)(=O)C1CC1)[C@@H](c1cccc(Cl)c1)C(C)C. The normalized spacial score (nSPS) is 21.0. The van der Waals surface area contributed by atoms with E-state index in [9.17, 15) is 18.0 Å². The molecule has 1 heterocycles. The van der Waals surface area contributed by atoms with E-state index >= 15 is 4.39 Å². The molecule has 42 heavy (non-hydrogen) atoms. The maximum Gasteiger partial charge on any atom is 0.407 e. The van der Waals surface area contributed by atoms with Gasteiger partial charge in [-0.15, -0.1) is 0 Å². The average Bonchev–Trinajstić information content (AvgIpc) is 3.78. The fourth-order valence-electron chi connectivity index (χ4n) is 5.86. The van der Waals surface area contributed by atoms with E-state index in [1.54, 1.807) is 28.6 Å². The van der Waals surface area contributed by atoms with Gasteiger partial charge < -0.3 is 20.7 Å². The van der Waals surface area contributed by atoms with Gasteiger partial charge in [0, 0.05) is 47.4 Å². The molecule has 0 bridgehead atoms. The van der Waals surface area contributed by atoms with Crippen molar-refractivity contribution in [3.8, 4) is 0 Å². The van der Waals surface area contributed by atoms with E-state index in [-0.39, 0.29) is 40.9 Å². The lowest BCUT2D eigenvalue weighted by Crippen LogP contribution is -2.59. The van der Waals surface area contributed by atoms with E-state index in [2.05, 4.69) is 16.0 Å². The molecule has 1 aliphatic heterocycles. The Morgan fingerprint density at radius 2 is 1.88 bits per heavy atom. The molecule has 1 aliphatic carbocycles. The highest BCUT2D eigenvalue weighted by Crippen LogP contribution is 2.35. The molecule has 0 spiro atoms. The van der Waals surface area contributed by atoms with Gasteiger partial charge in [0.2, 0.25) is 15.9 Å². The molecule has 4 rings (SSSR count). The molecule has 2 aromatic carbocycles. The molecule has 0 unspecified atom stereocenters. The molecule has 2 aliphatic rings. The molecular formula is C30H40ClFN4O5S. The van der Waals surface area contributed by atoms with Crippen molar-refractivity contribution in [1.82, 2.24) is 14.9 Å². The van der Waals surface area contributed by atoms with Gasteiger partial charge in [-0.25, -0.2) is 17.6 Å². The summed E-state index contributed by atoms with van der Waals surface area (Å²) in [5.74, 6) is -1.62. The summed E-state index contributed by atoms with van der Waals surface area (Å²) in [7, 11) is -2.22. The third kappa shape index (κ3) is 7.42. The van der Waals surface area contributed by atoms with Gasteiger partial charge in [-0.1, -0.05) is 43.6 Å². The number of sulfonamides is 1. The van der Waals surface area contributed by atoms with Crippen molar-refractivity contribution in [2.24, 2.45) is 5.92 Å². The number of nitrogens with zero attached hydrogens (tertiary/aromatic N) is 1. The number of rotatable bonds is 11. The largest absolute Gasteiger partial charge is 0.453 e. The molecule has 4 atom stereocenters. The van der Waals surface area contributed by atoms with Crippen LogP contribution in [0.1, 0.15) is 57.1 Å². The molecule has 1 saturated heterocycles. The lowest BCUT2D eigenvalue weighted by molar-refractivity contribution is -0.118. The average molecular weight is 623 g/mol. The summed E-state index contributed by atoms with van der Waals surface area (Å²) in [5.41, 5.74) is 1.29. The smallest absolute Gasteiger partial charge is 0.407 e. The maximum atomic E-state index is 15.3. The Balaban J connectivity index is 1.59. The summed E-state index contributed by atoms with van der Waals surface area (Å²) in [5, 5.41) is 8.94. The number of halogens is 2. The number of alkyl carbamates (subject to hydrolysis) is 1. The predicted octanol–water partition coefficient (Wildman–Crippen LogP) is 4.67. The van der Waals surface area contributed by atoms with Crippen LogP contribution in [-0.2, 0) is 26.0 Å². The molecule has 3 N–H and O–H groups in total. The maximum absolute atomic E-state index is 15.3. The third-order valence-corrected chi connectivity index (χ3v) is 10.8. The summed E-state index contributed by atoms with van der Waals surface area (Å²) >= 11 is 6.25. The molecule has 230 valence electrons. The van der Waals surface area contributed by atoms with Crippen LogP contribution in [0.2, 0.25) is 5.02 Å². The Morgan fingerprint density at radius 1 is 1.17 bits per heavy atom. The minimum atomic E-state index is -3.43. The number of nitrogens with one attached hydrogen (secondary N) is 3. The number of hydrogen-bond donors (Lipinski definition) is 3. The van der Waals surface area contributed by atoms with Crippen LogP contribution in [0, 0.1) is 11.7 Å². The van der Waals surface area contributed by atoms with Gasteiger partial charge in [-0.2, -0.15) is 4.31 Å². The molecule has 2 amide bonds. The molecule has 0 radical (unpaired) electrons. The van der Waals surface area contributed by atoms with Crippen LogP contribution >= 0.6 is 11.6 Å². The van der Waals surface area contributed by atoms with Gasteiger partial charge in [0.05, 0.1) is 12.4 Å². The lowest BCUT2D eigenvalue weighted by atomic mass is 9.82. The summed E-state index contributed by atoms with van der Waals surface area (Å²) in [6.45, 7) is 6.76. The minimum absolute atomic E-state index is 0.0939. The van der Waals surface area contributed by atoms with Gasteiger partial charge in [0.15, 0.2) is 0 Å². The first-order valence-electron chi connectivity index (χ1n) is 14.3.